The van der Waals surface area contributed by atoms with Crippen molar-refractivity contribution in [3.8, 4) is 0 Å². The molecule has 1 aromatic heterocycles. The summed E-state index contributed by atoms with van der Waals surface area (Å²) in [7, 11) is -3.60. The van der Waals surface area contributed by atoms with Gasteiger partial charge in [0, 0.05) is 35.1 Å². The zero-order valence-corrected chi connectivity index (χ0v) is 15.1. The van der Waals surface area contributed by atoms with Crippen LogP contribution in [0.3, 0.4) is 0 Å². The monoisotopic (exact) mass is 378 g/mol. The molecule has 2 atom stereocenters. The van der Waals surface area contributed by atoms with Gasteiger partial charge in [-0.15, -0.1) is 0 Å². The lowest BCUT2D eigenvalue weighted by Gasteiger charge is -2.43. The van der Waals surface area contributed by atoms with Gasteiger partial charge < -0.3 is 5.11 Å². The molecule has 2 aliphatic heterocycles. The first-order valence-corrected chi connectivity index (χ1v) is 10.1. The second kappa shape index (κ2) is 6.06. The van der Waals surface area contributed by atoms with E-state index in [0.29, 0.717) is 17.9 Å². The van der Waals surface area contributed by atoms with Crippen LogP contribution in [0.1, 0.15) is 31.2 Å². The van der Waals surface area contributed by atoms with Gasteiger partial charge in [-0.3, -0.25) is 4.98 Å². The van der Waals surface area contributed by atoms with E-state index < -0.39 is 15.6 Å². The second-order valence-electron chi connectivity index (χ2n) is 6.86. The maximum Gasteiger partial charge on any atom is 0.243 e. The third kappa shape index (κ3) is 2.87. The lowest BCUT2D eigenvalue weighted by Crippen LogP contribution is -2.51. The molecule has 132 valence electrons. The van der Waals surface area contributed by atoms with Gasteiger partial charge >= 0.3 is 0 Å². The minimum absolute atomic E-state index is 0.204. The summed E-state index contributed by atoms with van der Waals surface area (Å²) in [6.07, 6.45) is 5.65. The maximum atomic E-state index is 13.1. The van der Waals surface area contributed by atoms with Crippen LogP contribution in [0.25, 0.3) is 0 Å². The van der Waals surface area contributed by atoms with E-state index in [4.69, 9.17) is 11.6 Å². The van der Waals surface area contributed by atoms with Crippen LogP contribution in [0.2, 0.25) is 5.02 Å². The summed E-state index contributed by atoms with van der Waals surface area (Å²) in [5, 5.41) is 11.6. The molecule has 2 bridgehead atoms. The third-order valence-electron chi connectivity index (χ3n) is 5.29. The number of aliphatic hydroxyl groups is 1. The molecule has 2 saturated heterocycles. The molecule has 25 heavy (non-hydrogen) atoms. The van der Waals surface area contributed by atoms with Crippen LogP contribution in [-0.4, -0.2) is 34.9 Å². The number of piperidine rings is 1. The zero-order chi connectivity index (χ0) is 17.7. The van der Waals surface area contributed by atoms with Crippen LogP contribution in [0, 0.1) is 0 Å². The van der Waals surface area contributed by atoms with Gasteiger partial charge in [-0.05, 0) is 56.0 Å². The average molecular weight is 379 g/mol. The Morgan fingerprint density at radius 2 is 1.76 bits per heavy atom. The SMILES string of the molecule is O=S(=O)(c1ccc(Cl)cc1)N1C2CCC1CC(O)(c1cccnc1)C2. The molecule has 0 aliphatic carbocycles. The van der Waals surface area contributed by atoms with E-state index in [0.717, 1.165) is 18.4 Å². The Hall–Kier alpha value is -1.47. The summed E-state index contributed by atoms with van der Waals surface area (Å²) >= 11 is 5.88. The maximum absolute atomic E-state index is 13.1. The van der Waals surface area contributed by atoms with E-state index >= 15 is 0 Å². The minimum atomic E-state index is -3.60. The number of rotatable bonds is 3. The number of hydrogen-bond donors (Lipinski definition) is 1. The van der Waals surface area contributed by atoms with Crippen LogP contribution < -0.4 is 0 Å². The lowest BCUT2D eigenvalue weighted by atomic mass is 9.82. The minimum Gasteiger partial charge on any atom is -0.385 e. The molecular weight excluding hydrogens is 360 g/mol. The topological polar surface area (TPSA) is 70.5 Å². The summed E-state index contributed by atoms with van der Waals surface area (Å²) in [4.78, 5) is 4.35. The summed E-state index contributed by atoms with van der Waals surface area (Å²) in [6, 6.07) is 9.51. The van der Waals surface area contributed by atoms with Crippen LogP contribution >= 0.6 is 11.6 Å². The molecule has 0 spiro atoms. The van der Waals surface area contributed by atoms with Crippen molar-refractivity contribution in [3.63, 3.8) is 0 Å². The van der Waals surface area contributed by atoms with E-state index in [-0.39, 0.29) is 17.0 Å². The van der Waals surface area contributed by atoms with Crippen LogP contribution in [0.15, 0.2) is 53.7 Å². The first kappa shape index (κ1) is 17.0. The highest BCUT2D eigenvalue weighted by molar-refractivity contribution is 7.89. The number of fused-ring (bicyclic) bond motifs is 2. The van der Waals surface area contributed by atoms with Crippen molar-refractivity contribution < 1.29 is 13.5 Å². The van der Waals surface area contributed by atoms with Crippen molar-refractivity contribution in [2.45, 2.75) is 48.3 Å². The summed E-state index contributed by atoms with van der Waals surface area (Å²) < 4.78 is 27.8. The molecule has 2 aliphatic rings. The molecule has 3 heterocycles. The highest BCUT2D eigenvalue weighted by Gasteiger charge is 2.52. The Bertz CT molecular complexity index is 857. The van der Waals surface area contributed by atoms with Crippen LogP contribution in [0.5, 0.6) is 0 Å². The van der Waals surface area contributed by atoms with Crippen LogP contribution in [0.4, 0.5) is 0 Å². The quantitative estimate of drug-likeness (QED) is 0.891. The number of nitrogens with zero attached hydrogens (tertiary/aromatic N) is 2. The number of pyridine rings is 1. The van der Waals surface area contributed by atoms with E-state index in [1.54, 1.807) is 47.0 Å². The highest BCUT2D eigenvalue weighted by atomic mass is 35.5. The van der Waals surface area contributed by atoms with Crippen molar-refractivity contribution in [1.82, 2.24) is 9.29 Å². The molecule has 1 N–H and O–H groups in total. The Morgan fingerprint density at radius 3 is 2.32 bits per heavy atom. The summed E-state index contributed by atoms with van der Waals surface area (Å²) in [6.45, 7) is 0. The molecule has 0 radical (unpaired) electrons. The van der Waals surface area contributed by atoms with Gasteiger partial charge in [0.2, 0.25) is 10.0 Å². The van der Waals surface area contributed by atoms with E-state index in [1.807, 2.05) is 6.07 Å². The fraction of sp³-hybridized carbons (Fsp3) is 0.389. The Kier molecular flexibility index (Phi) is 4.11. The van der Waals surface area contributed by atoms with Gasteiger partial charge in [-0.1, -0.05) is 17.7 Å². The van der Waals surface area contributed by atoms with Gasteiger partial charge in [0.15, 0.2) is 0 Å². The first-order chi connectivity index (χ1) is 11.9. The molecular formula is C18H19ClN2O3S. The molecule has 5 nitrogen and oxygen atoms in total. The normalized spacial score (nSPS) is 29.7. The van der Waals surface area contributed by atoms with Crippen molar-refractivity contribution >= 4 is 21.6 Å². The van der Waals surface area contributed by atoms with Crippen LogP contribution in [-0.2, 0) is 15.6 Å². The molecule has 2 aromatic rings. The fourth-order valence-corrected chi connectivity index (χ4v) is 6.17. The summed E-state index contributed by atoms with van der Waals surface area (Å²) in [5.74, 6) is 0. The molecule has 0 amide bonds. The van der Waals surface area contributed by atoms with Crippen molar-refractivity contribution in [2.75, 3.05) is 0 Å². The zero-order valence-electron chi connectivity index (χ0n) is 13.5. The molecule has 0 saturated carbocycles. The Balaban J connectivity index is 1.66. The van der Waals surface area contributed by atoms with E-state index in [2.05, 4.69) is 4.98 Å². The molecule has 7 heteroatoms. The number of aromatic nitrogens is 1. The molecule has 1 aromatic carbocycles. The number of halogens is 1. The summed E-state index contributed by atoms with van der Waals surface area (Å²) in [5.41, 5.74) is -0.262. The molecule has 2 fully saturated rings. The van der Waals surface area contributed by atoms with Gasteiger partial charge in [0.05, 0.1) is 10.5 Å². The van der Waals surface area contributed by atoms with Gasteiger partial charge in [-0.2, -0.15) is 4.31 Å². The molecule has 2 unspecified atom stereocenters. The molecule has 4 rings (SSSR count). The van der Waals surface area contributed by atoms with Crippen molar-refractivity contribution in [2.24, 2.45) is 0 Å². The Labute approximate surface area is 152 Å². The van der Waals surface area contributed by atoms with Crippen molar-refractivity contribution in [1.29, 1.82) is 0 Å². The standard InChI is InChI=1S/C18H19ClN2O3S/c19-14-3-7-17(8-4-14)25(23,24)21-15-5-6-16(21)11-18(22,10-15)13-2-1-9-20-12-13/h1-4,7-9,12,15-16,22H,5-6,10-11H2. The largest absolute Gasteiger partial charge is 0.385 e. The smallest absolute Gasteiger partial charge is 0.243 e. The highest BCUT2D eigenvalue weighted by Crippen LogP contribution is 2.47. The average Bonchev–Trinajstić information content (AvgIpc) is 2.90. The fourth-order valence-electron chi connectivity index (χ4n) is 4.18. The number of hydrogen-bond acceptors (Lipinski definition) is 4. The van der Waals surface area contributed by atoms with Gasteiger partial charge in [0.1, 0.15) is 0 Å². The predicted octanol–water partition coefficient (Wildman–Crippen LogP) is 2.94. The first-order valence-electron chi connectivity index (χ1n) is 8.32. The van der Waals surface area contributed by atoms with Gasteiger partial charge in [0.25, 0.3) is 0 Å². The Morgan fingerprint density at radius 1 is 1.12 bits per heavy atom. The number of sulfonamides is 1. The van der Waals surface area contributed by atoms with E-state index in [1.165, 1.54) is 0 Å². The lowest BCUT2D eigenvalue weighted by molar-refractivity contribution is -0.0342. The van der Waals surface area contributed by atoms with Gasteiger partial charge in [-0.25, -0.2) is 8.42 Å². The second-order valence-corrected chi connectivity index (χ2v) is 9.14. The number of benzene rings is 1. The van der Waals surface area contributed by atoms with E-state index in [9.17, 15) is 13.5 Å². The third-order valence-corrected chi connectivity index (χ3v) is 7.56. The predicted molar refractivity (Wildman–Crippen MR) is 94.7 cm³/mol. The van der Waals surface area contributed by atoms with Crippen molar-refractivity contribution in [3.05, 3.63) is 59.4 Å².